The highest BCUT2D eigenvalue weighted by molar-refractivity contribution is 7.89. The van der Waals surface area contributed by atoms with Crippen LogP contribution >= 0.6 is 0 Å². The summed E-state index contributed by atoms with van der Waals surface area (Å²) >= 11 is 0. The Hall–Kier alpha value is -1.29. The summed E-state index contributed by atoms with van der Waals surface area (Å²) in [6, 6.07) is 5.42. The van der Waals surface area contributed by atoms with Crippen LogP contribution < -0.4 is 4.72 Å². The molecule has 4 heteroatoms. The summed E-state index contributed by atoms with van der Waals surface area (Å²) in [5, 5.41) is 0. The van der Waals surface area contributed by atoms with Crippen molar-refractivity contribution in [2.24, 2.45) is 0 Å². The molecule has 0 saturated carbocycles. The lowest BCUT2D eigenvalue weighted by Crippen LogP contribution is -2.27. The van der Waals surface area contributed by atoms with Gasteiger partial charge in [0.15, 0.2) is 0 Å². The highest BCUT2D eigenvalue weighted by atomic mass is 32.2. The van der Waals surface area contributed by atoms with E-state index in [9.17, 15) is 8.42 Å². The first kappa shape index (κ1) is 13.1. The Kier molecular flexibility index (Phi) is 3.76. The molecule has 1 aromatic carbocycles. The lowest BCUT2D eigenvalue weighted by Gasteiger charge is -2.19. The van der Waals surface area contributed by atoms with E-state index >= 15 is 0 Å². The van der Waals surface area contributed by atoms with Crippen LogP contribution in [0.5, 0.6) is 0 Å². The molecule has 2 rings (SSSR count). The van der Waals surface area contributed by atoms with E-state index in [1.165, 1.54) is 0 Å². The van der Waals surface area contributed by atoms with Crippen LogP contribution in [-0.4, -0.2) is 8.42 Å². The maximum atomic E-state index is 12.1. The molecule has 0 amide bonds. The molecule has 1 N–H and O–H groups in total. The largest absolute Gasteiger partial charge is 0.283 e. The number of sulfonamides is 1. The molecule has 0 aliphatic carbocycles. The average Bonchev–Trinajstić information content (AvgIpc) is 2.27. The first-order valence-electron chi connectivity index (χ1n) is 6.37. The van der Waals surface area contributed by atoms with Crippen molar-refractivity contribution in [2.45, 2.75) is 44.4 Å². The van der Waals surface area contributed by atoms with Gasteiger partial charge in [-0.05, 0) is 37.5 Å². The maximum Gasteiger partial charge on any atom is 0.262 e. The van der Waals surface area contributed by atoms with E-state index in [4.69, 9.17) is 0 Å². The average molecular weight is 265 g/mol. The fourth-order valence-corrected chi connectivity index (χ4v) is 3.45. The predicted molar refractivity (Wildman–Crippen MR) is 73.6 cm³/mol. The van der Waals surface area contributed by atoms with Crippen LogP contribution in [0.3, 0.4) is 0 Å². The summed E-state index contributed by atoms with van der Waals surface area (Å²) < 4.78 is 26.8. The molecule has 0 bridgehead atoms. The van der Waals surface area contributed by atoms with E-state index in [2.05, 4.69) is 11.6 Å². The second-order valence-corrected chi connectivity index (χ2v) is 6.42. The first-order chi connectivity index (χ1) is 8.53. The number of hydrogen-bond acceptors (Lipinski definition) is 2. The van der Waals surface area contributed by atoms with Gasteiger partial charge < -0.3 is 0 Å². The molecule has 0 atom stereocenters. The van der Waals surface area contributed by atoms with E-state index in [1.54, 1.807) is 6.07 Å². The lowest BCUT2D eigenvalue weighted by atomic mass is 10.1. The molecule has 1 aliphatic heterocycles. The van der Waals surface area contributed by atoms with Gasteiger partial charge in [0.1, 0.15) is 0 Å². The van der Waals surface area contributed by atoms with Gasteiger partial charge in [-0.2, -0.15) is 0 Å². The van der Waals surface area contributed by atoms with Crippen LogP contribution in [-0.2, 0) is 10.0 Å². The number of benzene rings is 1. The Morgan fingerprint density at radius 3 is 2.72 bits per heavy atom. The lowest BCUT2D eigenvalue weighted by molar-refractivity contribution is 0.583. The molecule has 0 saturated heterocycles. The summed E-state index contributed by atoms with van der Waals surface area (Å²) in [7, 11) is -3.36. The fourth-order valence-electron chi connectivity index (χ4n) is 2.16. The van der Waals surface area contributed by atoms with Gasteiger partial charge in [-0.1, -0.05) is 37.5 Å². The van der Waals surface area contributed by atoms with Crippen LogP contribution in [0.2, 0.25) is 0 Å². The number of allylic oxidation sites excluding steroid dienone is 1. The standard InChI is InChI=1S/C14H19NO2S/c1-3-4-5-6-13-10-12-9-11(2)7-8-14(12)18(16,17)15-13/h7-10,15H,3-6H2,1-2H3. The van der Waals surface area contributed by atoms with Gasteiger partial charge in [-0.15, -0.1) is 0 Å². The number of nitrogens with one attached hydrogen (secondary N) is 1. The highest BCUT2D eigenvalue weighted by Crippen LogP contribution is 2.26. The number of aryl methyl sites for hydroxylation is 1. The third-order valence-electron chi connectivity index (χ3n) is 3.10. The Morgan fingerprint density at radius 1 is 1.22 bits per heavy atom. The van der Waals surface area contributed by atoms with E-state index in [0.29, 0.717) is 4.90 Å². The van der Waals surface area contributed by atoms with E-state index in [-0.39, 0.29) is 0 Å². The Morgan fingerprint density at radius 2 is 2.00 bits per heavy atom. The summed E-state index contributed by atoms with van der Waals surface area (Å²) in [6.07, 6.45) is 6.03. The molecule has 0 unspecified atom stereocenters. The topological polar surface area (TPSA) is 46.2 Å². The molecule has 1 aromatic rings. The Balaban J connectivity index is 2.32. The number of unbranched alkanes of at least 4 members (excludes halogenated alkanes) is 2. The minimum absolute atomic E-state index is 0.382. The van der Waals surface area contributed by atoms with Crippen molar-refractivity contribution in [3.8, 4) is 0 Å². The van der Waals surface area contributed by atoms with Gasteiger partial charge >= 0.3 is 0 Å². The van der Waals surface area contributed by atoms with Crippen LogP contribution in [0.4, 0.5) is 0 Å². The third-order valence-corrected chi connectivity index (χ3v) is 4.58. The summed E-state index contributed by atoms with van der Waals surface area (Å²) in [5.74, 6) is 0. The molecule has 0 fully saturated rings. The summed E-state index contributed by atoms with van der Waals surface area (Å²) in [6.45, 7) is 4.11. The van der Waals surface area contributed by atoms with Crippen molar-refractivity contribution in [2.75, 3.05) is 0 Å². The van der Waals surface area contributed by atoms with Crippen LogP contribution in [0.25, 0.3) is 6.08 Å². The van der Waals surface area contributed by atoms with Gasteiger partial charge in [0, 0.05) is 5.70 Å². The summed E-state index contributed by atoms with van der Waals surface area (Å²) in [5.41, 5.74) is 2.69. The van der Waals surface area contributed by atoms with E-state index in [0.717, 1.165) is 42.5 Å². The second-order valence-electron chi connectivity index (χ2n) is 4.77. The minimum Gasteiger partial charge on any atom is -0.283 e. The quantitative estimate of drug-likeness (QED) is 0.850. The number of hydrogen-bond donors (Lipinski definition) is 1. The third kappa shape index (κ3) is 2.75. The zero-order valence-electron chi connectivity index (χ0n) is 10.9. The molecule has 1 aliphatic rings. The molecule has 98 valence electrons. The molecule has 0 aromatic heterocycles. The van der Waals surface area contributed by atoms with Crippen molar-refractivity contribution >= 4 is 16.1 Å². The van der Waals surface area contributed by atoms with Gasteiger partial charge in [0.2, 0.25) is 0 Å². The first-order valence-corrected chi connectivity index (χ1v) is 7.85. The van der Waals surface area contributed by atoms with Crippen molar-refractivity contribution < 1.29 is 8.42 Å². The normalized spacial score (nSPS) is 16.7. The molecule has 0 radical (unpaired) electrons. The number of fused-ring (bicyclic) bond motifs is 1. The zero-order valence-corrected chi connectivity index (χ0v) is 11.7. The van der Waals surface area contributed by atoms with Gasteiger partial charge in [0.25, 0.3) is 10.0 Å². The maximum absolute atomic E-state index is 12.1. The van der Waals surface area contributed by atoms with Crippen molar-refractivity contribution in [3.63, 3.8) is 0 Å². The molecular weight excluding hydrogens is 246 g/mol. The van der Waals surface area contributed by atoms with Gasteiger partial charge in [-0.3, -0.25) is 4.72 Å². The van der Waals surface area contributed by atoms with Crippen LogP contribution in [0.15, 0.2) is 28.8 Å². The molecular formula is C14H19NO2S. The monoisotopic (exact) mass is 265 g/mol. The smallest absolute Gasteiger partial charge is 0.262 e. The Labute approximate surface area is 109 Å². The Bertz CT molecular complexity index is 573. The van der Waals surface area contributed by atoms with E-state index in [1.807, 2.05) is 25.1 Å². The SMILES string of the molecule is CCCCCC1=Cc2cc(C)ccc2S(=O)(=O)N1. The van der Waals surface area contributed by atoms with E-state index < -0.39 is 10.0 Å². The second kappa shape index (κ2) is 5.14. The van der Waals surface area contributed by atoms with Gasteiger partial charge in [0.05, 0.1) is 4.90 Å². The highest BCUT2D eigenvalue weighted by Gasteiger charge is 2.23. The minimum atomic E-state index is -3.36. The molecule has 0 spiro atoms. The fraction of sp³-hybridized carbons (Fsp3) is 0.429. The van der Waals surface area contributed by atoms with Crippen LogP contribution in [0, 0.1) is 6.92 Å². The number of rotatable bonds is 4. The molecule has 18 heavy (non-hydrogen) atoms. The summed E-state index contributed by atoms with van der Waals surface area (Å²) in [4.78, 5) is 0.382. The molecule has 3 nitrogen and oxygen atoms in total. The predicted octanol–water partition coefficient (Wildman–Crippen LogP) is 3.21. The van der Waals surface area contributed by atoms with Crippen LogP contribution in [0.1, 0.15) is 43.7 Å². The van der Waals surface area contributed by atoms with Gasteiger partial charge in [-0.25, -0.2) is 8.42 Å². The van der Waals surface area contributed by atoms with Crippen molar-refractivity contribution in [1.29, 1.82) is 0 Å². The zero-order chi connectivity index (χ0) is 13.2. The molecule has 1 heterocycles. The van der Waals surface area contributed by atoms with Crippen molar-refractivity contribution in [1.82, 2.24) is 4.72 Å². The van der Waals surface area contributed by atoms with Crippen molar-refractivity contribution in [3.05, 3.63) is 35.0 Å².